The van der Waals surface area contributed by atoms with Gasteiger partial charge >= 0.3 is 0 Å². The van der Waals surface area contributed by atoms with E-state index in [2.05, 4.69) is 12.2 Å². The summed E-state index contributed by atoms with van der Waals surface area (Å²) >= 11 is 5.02. The Morgan fingerprint density at radius 1 is 1.26 bits per heavy atom. The third kappa shape index (κ3) is 5.12. The lowest BCUT2D eigenvalue weighted by atomic mass is 9.83. The van der Waals surface area contributed by atoms with E-state index in [0.29, 0.717) is 25.4 Å². The maximum atomic E-state index is 14.9. The van der Waals surface area contributed by atoms with Gasteiger partial charge in [-0.1, -0.05) is 24.3 Å². The van der Waals surface area contributed by atoms with Crippen molar-refractivity contribution < 1.29 is 24.4 Å². The molecule has 0 aromatic heterocycles. The fourth-order valence-corrected chi connectivity index (χ4v) is 7.69. The van der Waals surface area contributed by atoms with Gasteiger partial charge in [-0.05, 0) is 98.8 Å². The predicted octanol–water partition coefficient (Wildman–Crippen LogP) is 5.83. The first-order chi connectivity index (χ1) is 18.8. The van der Waals surface area contributed by atoms with Crippen molar-refractivity contribution in [3.63, 3.8) is 0 Å². The van der Waals surface area contributed by atoms with E-state index >= 15 is 0 Å². The Bertz CT molecular complexity index is 1210. The molecule has 3 fully saturated rings. The van der Waals surface area contributed by atoms with Crippen LogP contribution >= 0.6 is 12.6 Å². The fraction of sp³-hybridized carbons (Fsp3) is 0.562. The van der Waals surface area contributed by atoms with E-state index in [9.17, 15) is 19.7 Å². The standard InChI is InChI=1S/C32H40FNO4S/c1-2-29(36)28-13-10-23(17-35)34(28)31(37)22-5-3-4-19(14-22)18-38-24-11-8-20(9-12-24)25-15-27(33)30(21-6-7-21)26-16-32(25,26)39/h2-4,8,11-12,14-15,20-23,26,28,31,35-37,39H,5-7,9-10,13,16-18H2,1H3/b29-2-. The van der Waals surface area contributed by atoms with E-state index in [-0.39, 0.29) is 52.8 Å². The molecule has 6 rings (SSSR count). The molecule has 7 heteroatoms. The van der Waals surface area contributed by atoms with Crippen LogP contribution in [0, 0.1) is 23.7 Å². The van der Waals surface area contributed by atoms with Crippen molar-refractivity contribution in [2.45, 2.75) is 74.9 Å². The highest BCUT2D eigenvalue weighted by Crippen LogP contribution is 2.66. The number of aliphatic hydroxyl groups excluding tert-OH is 3. The van der Waals surface area contributed by atoms with E-state index in [1.807, 2.05) is 29.2 Å². The number of likely N-dealkylation sites (tertiary alicyclic amines) is 1. The molecule has 7 unspecified atom stereocenters. The van der Waals surface area contributed by atoms with Gasteiger partial charge in [-0.15, -0.1) is 0 Å². The lowest BCUT2D eigenvalue weighted by Gasteiger charge is -2.37. The summed E-state index contributed by atoms with van der Waals surface area (Å²) in [6.45, 7) is 2.12. The Hall–Kier alpha value is -2.06. The van der Waals surface area contributed by atoms with Crippen LogP contribution in [0.1, 0.15) is 51.9 Å². The molecule has 0 aromatic rings. The lowest BCUT2D eigenvalue weighted by molar-refractivity contribution is -0.0648. The second kappa shape index (κ2) is 10.7. The van der Waals surface area contributed by atoms with E-state index in [0.717, 1.165) is 54.6 Å². The summed E-state index contributed by atoms with van der Waals surface area (Å²) in [4.78, 5) is 1.87. The van der Waals surface area contributed by atoms with Gasteiger partial charge in [-0.3, -0.25) is 4.90 Å². The zero-order valence-electron chi connectivity index (χ0n) is 22.5. The Morgan fingerprint density at radius 3 is 2.77 bits per heavy atom. The molecule has 210 valence electrons. The molecular weight excluding hydrogens is 513 g/mol. The topological polar surface area (TPSA) is 73.2 Å². The Morgan fingerprint density at radius 2 is 2.08 bits per heavy atom. The molecule has 6 aliphatic rings. The molecule has 7 atom stereocenters. The Balaban J connectivity index is 1.07. The van der Waals surface area contributed by atoms with Crippen LogP contribution in [-0.2, 0) is 4.74 Å². The van der Waals surface area contributed by atoms with Crippen LogP contribution in [0.2, 0.25) is 0 Å². The summed E-state index contributed by atoms with van der Waals surface area (Å²) in [5.41, 5.74) is 3.11. The van der Waals surface area contributed by atoms with E-state index in [4.69, 9.17) is 17.4 Å². The largest absolute Gasteiger partial charge is 0.511 e. The molecule has 2 saturated carbocycles. The molecule has 1 aliphatic heterocycles. The van der Waals surface area contributed by atoms with Crippen molar-refractivity contribution in [2.75, 3.05) is 13.2 Å². The number of allylic oxidation sites excluding steroid dienone is 8. The number of thiol groups is 1. The highest BCUT2D eigenvalue weighted by molar-refractivity contribution is 7.82. The summed E-state index contributed by atoms with van der Waals surface area (Å²) in [5.74, 6) is 1.72. The Kier molecular flexibility index (Phi) is 7.46. The third-order valence-electron chi connectivity index (χ3n) is 9.51. The molecular formula is C32H40FNO4S. The molecule has 3 N–H and O–H groups in total. The minimum absolute atomic E-state index is 0.0154. The normalized spacial score (nSPS) is 37.3. The summed E-state index contributed by atoms with van der Waals surface area (Å²) in [7, 11) is 0. The Labute approximate surface area is 236 Å². The van der Waals surface area contributed by atoms with Crippen molar-refractivity contribution in [3.05, 3.63) is 82.7 Å². The van der Waals surface area contributed by atoms with Crippen LogP contribution < -0.4 is 0 Å². The molecule has 0 radical (unpaired) electrons. The van der Waals surface area contributed by atoms with Gasteiger partial charge in [0.1, 0.15) is 30.2 Å². The summed E-state index contributed by atoms with van der Waals surface area (Å²) < 4.78 is 20.9. The average molecular weight is 554 g/mol. The van der Waals surface area contributed by atoms with E-state index < -0.39 is 6.23 Å². The minimum Gasteiger partial charge on any atom is -0.511 e. The summed E-state index contributed by atoms with van der Waals surface area (Å²) in [6.07, 6.45) is 21.0. The van der Waals surface area contributed by atoms with Crippen molar-refractivity contribution in [2.24, 2.45) is 23.7 Å². The molecule has 1 heterocycles. The van der Waals surface area contributed by atoms with Crippen molar-refractivity contribution >= 4 is 12.6 Å². The van der Waals surface area contributed by atoms with Gasteiger partial charge in [0, 0.05) is 28.5 Å². The quantitative estimate of drug-likeness (QED) is 0.214. The molecule has 1 saturated heterocycles. The summed E-state index contributed by atoms with van der Waals surface area (Å²) in [6, 6.07) is -0.458. The second-order valence-corrected chi connectivity index (χ2v) is 12.8. The van der Waals surface area contributed by atoms with E-state index in [1.54, 1.807) is 19.1 Å². The summed E-state index contributed by atoms with van der Waals surface area (Å²) in [5, 5.41) is 31.5. The molecule has 0 amide bonds. The fourth-order valence-electron chi connectivity index (χ4n) is 7.14. The number of hydrogen-bond acceptors (Lipinski definition) is 6. The van der Waals surface area contributed by atoms with Gasteiger partial charge in [0.05, 0.1) is 12.6 Å². The zero-order chi connectivity index (χ0) is 27.3. The van der Waals surface area contributed by atoms with Gasteiger partial charge in [-0.25, -0.2) is 4.39 Å². The van der Waals surface area contributed by atoms with Crippen LogP contribution in [0.25, 0.3) is 0 Å². The smallest absolute Gasteiger partial charge is 0.123 e. The number of nitrogens with zero attached hydrogens (tertiary/aromatic N) is 1. The number of rotatable bonds is 9. The minimum atomic E-state index is -0.815. The first-order valence-electron chi connectivity index (χ1n) is 14.5. The number of halogens is 1. The van der Waals surface area contributed by atoms with Crippen molar-refractivity contribution in [1.29, 1.82) is 0 Å². The van der Waals surface area contributed by atoms with Gasteiger partial charge in [0.2, 0.25) is 0 Å². The average Bonchev–Trinajstić information content (AvgIpc) is 3.87. The monoisotopic (exact) mass is 553 g/mol. The number of aliphatic hydroxyl groups is 3. The van der Waals surface area contributed by atoms with Gasteiger partial charge in [0.15, 0.2) is 0 Å². The first kappa shape index (κ1) is 27.1. The van der Waals surface area contributed by atoms with Gasteiger partial charge < -0.3 is 20.1 Å². The highest BCUT2D eigenvalue weighted by atomic mass is 32.1. The highest BCUT2D eigenvalue weighted by Gasteiger charge is 2.61. The number of fused-ring (bicyclic) bond motifs is 1. The maximum absolute atomic E-state index is 14.9. The molecule has 0 aromatic carbocycles. The van der Waals surface area contributed by atoms with Crippen LogP contribution in [0.3, 0.4) is 0 Å². The van der Waals surface area contributed by atoms with Gasteiger partial charge in [-0.2, -0.15) is 12.6 Å². The van der Waals surface area contributed by atoms with Crippen LogP contribution in [0.15, 0.2) is 82.7 Å². The van der Waals surface area contributed by atoms with E-state index in [1.165, 1.54) is 0 Å². The second-order valence-electron chi connectivity index (χ2n) is 12.0. The SMILES string of the molecule is C/C=C(\O)C1CCC(CO)N1C(O)C1C=C(COC2=CCC(C3=CC(F)=C(C4CC4)C4CC34S)C=C2)C=CC1. The predicted molar refractivity (Wildman–Crippen MR) is 154 cm³/mol. The molecule has 5 nitrogen and oxygen atoms in total. The number of hydrogen-bond donors (Lipinski definition) is 4. The first-order valence-corrected chi connectivity index (χ1v) is 14.9. The van der Waals surface area contributed by atoms with Crippen LogP contribution in [0.4, 0.5) is 4.39 Å². The molecule has 0 bridgehead atoms. The molecule has 0 spiro atoms. The lowest BCUT2D eigenvalue weighted by Crippen LogP contribution is -2.49. The third-order valence-corrected chi connectivity index (χ3v) is 10.3. The van der Waals surface area contributed by atoms with Crippen LogP contribution in [-0.4, -0.2) is 56.5 Å². The van der Waals surface area contributed by atoms with Gasteiger partial charge in [0.25, 0.3) is 0 Å². The number of ether oxygens (including phenoxy) is 1. The molecule has 39 heavy (non-hydrogen) atoms. The van der Waals surface area contributed by atoms with Crippen molar-refractivity contribution in [3.8, 4) is 0 Å². The van der Waals surface area contributed by atoms with Crippen LogP contribution in [0.5, 0.6) is 0 Å². The molecule has 5 aliphatic carbocycles. The maximum Gasteiger partial charge on any atom is 0.123 e. The van der Waals surface area contributed by atoms with Crippen molar-refractivity contribution in [1.82, 2.24) is 4.90 Å². The zero-order valence-corrected chi connectivity index (χ0v) is 23.4.